The second-order valence-electron chi connectivity index (χ2n) is 6.93. The molecule has 3 aromatic rings. The monoisotopic (exact) mass is 390 g/mol. The maximum Gasteiger partial charge on any atom is 0.416 e. The van der Waals surface area contributed by atoms with Gasteiger partial charge < -0.3 is 16.2 Å². The number of rotatable bonds is 5. The molecule has 5 nitrogen and oxygen atoms in total. The number of aromatic nitrogens is 2. The Bertz CT molecular complexity index is 989. The van der Waals surface area contributed by atoms with E-state index in [0.29, 0.717) is 23.3 Å². The lowest BCUT2D eigenvalue weighted by Crippen LogP contribution is -2.34. The number of hydrogen-bond donors (Lipinski definition) is 3. The number of alkyl halides is 3. The summed E-state index contributed by atoms with van der Waals surface area (Å²) in [5.74, 6) is 0.372. The van der Waals surface area contributed by atoms with Gasteiger partial charge in [0.2, 0.25) is 0 Å². The van der Waals surface area contributed by atoms with Gasteiger partial charge in [-0.2, -0.15) is 13.2 Å². The van der Waals surface area contributed by atoms with E-state index in [0.717, 1.165) is 18.2 Å². The molecule has 1 aromatic heterocycles. The van der Waals surface area contributed by atoms with Gasteiger partial charge in [-0.1, -0.05) is 26.0 Å². The molecule has 0 saturated heterocycles. The molecule has 8 heteroatoms. The van der Waals surface area contributed by atoms with Gasteiger partial charge in [-0.25, -0.2) is 9.97 Å². The van der Waals surface area contributed by atoms with Crippen molar-refractivity contribution >= 4 is 16.7 Å². The van der Waals surface area contributed by atoms with Crippen LogP contribution in [-0.4, -0.2) is 27.7 Å². The molecule has 0 aliphatic rings. The summed E-state index contributed by atoms with van der Waals surface area (Å²) in [7, 11) is 0. The van der Waals surface area contributed by atoms with Crippen LogP contribution in [0.4, 0.5) is 19.0 Å². The van der Waals surface area contributed by atoms with E-state index in [1.165, 1.54) is 0 Å². The van der Waals surface area contributed by atoms with Gasteiger partial charge in [0.15, 0.2) is 5.82 Å². The molecular weight excluding hydrogens is 369 g/mol. The number of fused-ring (bicyclic) bond motifs is 1. The van der Waals surface area contributed by atoms with Crippen molar-refractivity contribution < 1.29 is 18.3 Å². The molecule has 0 aliphatic carbocycles. The lowest BCUT2D eigenvalue weighted by Gasteiger charge is -2.18. The van der Waals surface area contributed by atoms with Gasteiger partial charge in [-0.15, -0.1) is 0 Å². The fraction of sp³-hybridized carbons (Fsp3) is 0.300. The Morgan fingerprint density at radius 3 is 2.50 bits per heavy atom. The molecule has 28 heavy (non-hydrogen) atoms. The Balaban J connectivity index is 2.10. The van der Waals surface area contributed by atoms with Crippen LogP contribution in [0.25, 0.3) is 22.3 Å². The Labute approximate surface area is 160 Å². The van der Waals surface area contributed by atoms with E-state index in [9.17, 15) is 18.3 Å². The minimum atomic E-state index is -4.54. The van der Waals surface area contributed by atoms with Gasteiger partial charge in [-0.05, 0) is 36.2 Å². The van der Waals surface area contributed by atoms with Crippen LogP contribution in [0.5, 0.6) is 5.75 Å². The van der Waals surface area contributed by atoms with Crippen LogP contribution < -0.4 is 11.1 Å². The zero-order chi connectivity index (χ0) is 20.5. The van der Waals surface area contributed by atoms with Gasteiger partial charge in [-0.3, -0.25) is 0 Å². The number of halogens is 3. The smallest absolute Gasteiger partial charge is 0.416 e. The maximum absolute atomic E-state index is 13.1. The summed E-state index contributed by atoms with van der Waals surface area (Å²) in [6, 6.07) is 9.68. The minimum Gasteiger partial charge on any atom is -0.507 e. The first-order valence-corrected chi connectivity index (χ1v) is 8.83. The molecular formula is C20H21F3N4O. The lowest BCUT2D eigenvalue weighted by molar-refractivity contribution is -0.137. The summed E-state index contributed by atoms with van der Waals surface area (Å²) in [4.78, 5) is 8.72. The standard InChI is InChI=1S/C20H21F3N4O/c1-11(2)15(24)10-25-18-13-5-3-4-6-16(13)26-19(27-18)14-9-12(20(21,22)23)7-8-17(14)28/h3-9,11,15,28H,10,24H2,1-2H3,(H,25,26,27). The molecule has 4 N–H and O–H groups in total. The molecule has 0 radical (unpaired) electrons. The number of benzene rings is 2. The van der Waals surface area contributed by atoms with E-state index in [1.54, 1.807) is 12.1 Å². The first kappa shape index (κ1) is 19.9. The molecule has 1 unspecified atom stereocenters. The highest BCUT2D eigenvalue weighted by molar-refractivity contribution is 5.91. The normalized spacial score (nSPS) is 13.1. The van der Waals surface area contributed by atoms with E-state index in [-0.39, 0.29) is 29.1 Å². The molecule has 3 rings (SSSR count). The van der Waals surface area contributed by atoms with Crippen LogP contribution in [0.3, 0.4) is 0 Å². The summed E-state index contributed by atoms with van der Waals surface area (Å²) in [6.07, 6.45) is -4.54. The molecule has 0 bridgehead atoms. The Morgan fingerprint density at radius 2 is 1.82 bits per heavy atom. The molecule has 0 aliphatic heterocycles. The molecule has 0 spiro atoms. The molecule has 0 saturated carbocycles. The minimum absolute atomic E-state index is 0.00270. The Hall–Kier alpha value is -2.87. The highest BCUT2D eigenvalue weighted by Crippen LogP contribution is 2.36. The third-order valence-electron chi connectivity index (χ3n) is 4.53. The van der Waals surface area contributed by atoms with E-state index in [2.05, 4.69) is 15.3 Å². The summed E-state index contributed by atoms with van der Waals surface area (Å²) in [5.41, 5.74) is 5.66. The van der Waals surface area contributed by atoms with E-state index in [1.807, 2.05) is 26.0 Å². The SMILES string of the molecule is CC(C)C(N)CNc1nc(-c2cc(C(F)(F)F)ccc2O)nc2ccccc12. The molecule has 1 heterocycles. The van der Waals surface area contributed by atoms with Crippen LogP contribution in [0, 0.1) is 5.92 Å². The molecule has 148 valence electrons. The topological polar surface area (TPSA) is 84.1 Å². The van der Waals surface area contributed by atoms with Crippen molar-refractivity contribution in [2.75, 3.05) is 11.9 Å². The molecule has 0 amide bonds. The van der Waals surface area contributed by atoms with Crippen LogP contribution >= 0.6 is 0 Å². The maximum atomic E-state index is 13.1. The first-order chi connectivity index (χ1) is 13.2. The number of phenols is 1. The van der Waals surface area contributed by atoms with Crippen LogP contribution in [-0.2, 0) is 6.18 Å². The van der Waals surface area contributed by atoms with Gasteiger partial charge >= 0.3 is 6.18 Å². The second-order valence-corrected chi connectivity index (χ2v) is 6.93. The fourth-order valence-corrected chi connectivity index (χ4v) is 2.67. The molecule has 0 fully saturated rings. The number of phenolic OH excluding ortho intramolecular Hbond substituents is 1. The van der Waals surface area contributed by atoms with Crippen molar-refractivity contribution in [3.63, 3.8) is 0 Å². The zero-order valence-electron chi connectivity index (χ0n) is 15.5. The number of anilines is 1. The predicted octanol–water partition coefficient (Wildman–Crippen LogP) is 4.42. The van der Waals surface area contributed by atoms with E-state index < -0.39 is 11.7 Å². The molecule has 2 aromatic carbocycles. The number of nitrogens with two attached hydrogens (primary N) is 1. The predicted molar refractivity (Wildman–Crippen MR) is 103 cm³/mol. The summed E-state index contributed by atoms with van der Waals surface area (Å²) < 4.78 is 39.3. The number of nitrogens with zero attached hydrogens (tertiary/aromatic N) is 2. The highest BCUT2D eigenvalue weighted by atomic mass is 19.4. The average Bonchev–Trinajstić information content (AvgIpc) is 2.64. The third kappa shape index (κ3) is 4.17. The second kappa shape index (κ2) is 7.63. The van der Waals surface area contributed by atoms with Crippen LogP contribution in [0.15, 0.2) is 42.5 Å². The van der Waals surface area contributed by atoms with Crippen LogP contribution in [0.2, 0.25) is 0 Å². The van der Waals surface area contributed by atoms with Gasteiger partial charge in [0.25, 0.3) is 0 Å². The average molecular weight is 390 g/mol. The fourth-order valence-electron chi connectivity index (χ4n) is 2.67. The first-order valence-electron chi connectivity index (χ1n) is 8.83. The van der Waals surface area contributed by atoms with Crippen molar-refractivity contribution in [2.24, 2.45) is 11.7 Å². The number of hydrogen-bond acceptors (Lipinski definition) is 5. The zero-order valence-corrected chi connectivity index (χ0v) is 15.5. The van der Waals surface area contributed by atoms with E-state index >= 15 is 0 Å². The van der Waals surface area contributed by atoms with Crippen molar-refractivity contribution in [3.8, 4) is 17.1 Å². The Kier molecular flexibility index (Phi) is 5.42. The quantitative estimate of drug-likeness (QED) is 0.601. The number of aromatic hydroxyl groups is 1. The van der Waals surface area contributed by atoms with Crippen molar-refractivity contribution in [1.29, 1.82) is 0 Å². The summed E-state index contributed by atoms with van der Waals surface area (Å²) in [5, 5.41) is 14.0. The lowest BCUT2D eigenvalue weighted by atomic mass is 10.1. The van der Waals surface area contributed by atoms with Gasteiger partial charge in [0, 0.05) is 18.0 Å². The van der Waals surface area contributed by atoms with Crippen molar-refractivity contribution in [1.82, 2.24) is 9.97 Å². The van der Waals surface area contributed by atoms with E-state index in [4.69, 9.17) is 5.73 Å². The molecule has 1 atom stereocenters. The van der Waals surface area contributed by atoms with Gasteiger partial charge in [0.05, 0.1) is 16.6 Å². The Morgan fingerprint density at radius 1 is 1.11 bits per heavy atom. The van der Waals surface area contributed by atoms with Crippen LogP contribution in [0.1, 0.15) is 19.4 Å². The number of para-hydroxylation sites is 1. The third-order valence-corrected chi connectivity index (χ3v) is 4.53. The van der Waals surface area contributed by atoms with Crippen molar-refractivity contribution in [3.05, 3.63) is 48.0 Å². The largest absolute Gasteiger partial charge is 0.507 e. The summed E-state index contributed by atoms with van der Waals surface area (Å²) >= 11 is 0. The van der Waals surface area contributed by atoms with Crippen molar-refractivity contribution in [2.45, 2.75) is 26.1 Å². The number of nitrogens with one attached hydrogen (secondary N) is 1. The summed E-state index contributed by atoms with van der Waals surface area (Å²) in [6.45, 7) is 4.43. The van der Waals surface area contributed by atoms with Gasteiger partial charge in [0.1, 0.15) is 11.6 Å². The highest BCUT2D eigenvalue weighted by Gasteiger charge is 2.31.